The highest BCUT2D eigenvalue weighted by molar-refractivity contribution is 7.90. The van der Waals surface area contributed by atoms with Gasteiger partial charge in [-0.25, -0.2) is 8.42 Å². The van der Waals surface area contributed by atoms with E-state index in [4.69, 9.17) is 33.3 Å². The van der Waals surface area contributed by atoms with Crippen LogP contribution in [-0.2, 0) is 21.0 Å². The van der Waals surface area contributed by atoms with Gasteiger partial charge in [0, 0.05) is 28.8 Å². The molecule has 7 heteroatoms. The number of rotatable bonds is 3. The van der Waals surface area contributed by atoms with E-state index in [2.05, 4.69) is 6.07 Å². The summed E-state index contributed by atoms with van der Waals surface area (Å²) in [7, 11) is -3.24. The van der Waals surface area contributed by atoms with E-state index in [-0.39, 0.29) is 4.90 Å². The van der Waals surface area contributed by atoms with E-state index in [0.717, 1.165) is 45.1 Å². The molecule has 33 heavy (non-hydrogen) atoms. The first-order chi connectivity index (χ1) is 15.8. The van der Waals surface area contributed by atoms with E-state index < -0.39 is 9.84 Å². The second-order valence-corrected chi connectivity index (χ2v) is 10.6. The van der Waals surface area contributed by atoms with E-state index in [1.54, 1.807) is 36.6 Å². The van der Waals surface area contributed by atoms with Gasteiger partial charge in [-0.2, -0.15) is 0 Å². The molecule has 2 aliphatic heterocycles. The monoisotopic (exact) mass is 496 g/mol. The van der Waals surface area contributed by atoms with Crippen LogP contribution in [0.1, 0.15) is 16.7 Å². The molecule has 3 aromatic carbocycles. The van der Waals surface area contributed by atoms with Gasteiger partial charge >= 0.3 is 0 Å². The van der Waals surface area contributed by atoms with Gasteiger partial charge in [-0.1, -0.05) is 54.2 Å². The zero-order valence-electron chi connectivity index (χ0n) is 17.8. The van der Waals surface area contributed by atoms with E-state index >= 15 is 0 Å². The van der Waals surface area contributed by atoms with Crippen LogP contribution in [-0.4, -0.2) is 26.1 Å². The van der Waals surface area contributed by atoms with Crippen LogP contribution in [0.5, 0.6) is 5.75 Å². The highest BCUT2D eigenvalue weighted by Crippen LogP contribution is 2.39. The SMILES string of the molecule is CS(=O)(=O)c1ccc(C2=C(c3ccc(Cl)cc3)Cc3ccccc3O2)cc1.S=C1C=COC1. The topological polar surface area (TPSA) is 52.6 Å². The van der Waals surface area contributed by atoms with Gasteiger partial charge in [0.2, 0.25) is 0 Å². The van der Waals surface area contributed by atoms with Crippen molar-refractivity contribution in [3.63, 3.8) is 0 Å². The molecule has 0 aliphatic carbocycles. The molecule has 0 unspecified atom stereocenters. The molecule has 0 aromatic heterocycles. The minimum absolute atomic E-state index is 0.288. The number of halogens is 1. The maximum Gasteiger partial charge on any atom is 0.175 e. The van der Waals surface area contributed by atoms with Crippen molar-refractivity contribution < 1.29 is 17.9 Å². The van der Waals surface area contributed by atoms with Crippen LogP contribution in [0.3, 0.4) is 0 Å². The smallest absolute Gasteiger partial charge is 0.175 e. The molecule has 0 fully saturated rings. The zero-order chi connectivity index (χ0) is 23.4. The molecule has 0 saturated heterocycles. The molecule has 168 valence electrons. The van der Waals surface area contributed by atoms with Crippen LogP contribution >= 0.6 is 23.8 Å². The summed E-state index contributed by atoms with van der Waals surface area (Å²) in [5.41, 5.74) is 4.01. The Hall–Kier alpha value is -2.93. The van der Waals surface area contributed by atoms with E-state index in [1.807, 2.05) is 42.5 Å². The predicted octanol–water partition coefficient (Wildman–Crippen LogP) is 6.15. The summed E-state index contributed by atoms with van der Waals surface area (Å²) in [6.07, 6.45) is 5.33. The maximum atomic E-state index is 11.7. The fourth-order valence-electron chi connectivity index (χ4n) is 3.46. The van der Waals surface area contributed by atoms with Gasteiger partial charge in [-0.15, -0.1) is 0 Å². The van der Waals surface area contributed by atoms with E-state index in [0.29, 0.717) is 11.6 Å². The summed E-state index contributed by atoms with van der Waals surface area (Å²) in [5.74, 6) is 1.55. The molecule has 2 aliphatic rings. The zero-order valence-corrected chi connectivity index (χ0v) is 20.2. The van der Waals surface area contributed by atoms with Crippen molar-refractivity contribution in [1.29, 1.82) is 0 Å². The van der Waals surface area contributed by atoms with Gasteiger partial charge in [-0.05, 0) is 59.7 Å². The third-order valence-electron chi connectivity index (χ3n) is 5.14. The lowest BCUT2D eigenvalue weighted by Gasteiger charge is -2.24. The number of para-hydroxylation sites is 1. The molecular weight excluding hydrogens is 476 g/mol. The molecule has 0 amide bonds. The van der Waals surface area contributed by atoms with Gasteiger partial charge in [0.05, 0.1) is 16.0 Å². The Bertz CT molecular complexity index is 1340. The van der Waals surface area contributed by atoms with Gasteiger partial charge < -0.3 is 9.47 Å². The molecule has 0 N–H and O–H groups in total. The van der Waals surface area contributed by atoms with Crippen LogP contribution in [0.15, 0.2) is 90.0 Å². The standard InChI is InChI=1S/C22H17ClO3S.C4H4OS/c1-27(24,25)19-12-8-16(9-13-19)22-20(15-6-10-18(23)11-7-15)14-17-4-2-3-5-21(17)26-22;6-4-1-2-5-3-4/h2-13H,14H2,1H3;1-2H,3H2. The van der Waals surface area contributed by atoms with Crippen LogP contribution in [0.2, 0.25) is 5.02 Å². The first-order valence-electron chi connectivity index (χ1n) is 10.2. The number of thiocarbonyl (C=S) groups is 1. The minimum Gasteiger partial charge on any atom is -0.496 e. The first-order valence-corrected chi connectivity index (χ1v) is 12.9. The number of hydrogen-bond donors (Lipinski definition) is 0. The van der Waals surface area contributed by atoms with Crippen molar-refractivity contribution in [2.75, 3.05) is 12.9 Å². The third-order valence-corrected chi connectivity index (χ3v) is 6.77. The quantitative estimate of drug-likeness (QED) is 0.407. The summed E-state index contributed by atoms with van der Waals surface area (Å²) < 4.78 is 34.5. The summed E-state index contributed by atoms with van der Waals surface area (Å²) in [6.45, 7) is 0.606. The largest absolute Gasteiger partial charge is 0.496 e. The molecule has 0 saturated carbocycles. The van der Waals surface area contributed by atoms with E-state index in [1.165, 1.54) is 6.26 Å². The fraction of sp³-hybridized carbons (Fsp3) is 0.115. The molecule has 2 heterocycles. The molecule has 3 aromatic rings. The normalized spacial score (nSPS) is 14.7. The Kier molecular flexibility index (Phi) is 6.98. The van der Waals surface area contributed by atoms with Crippen LogP contribution < -0.4 is 4.74 Å². The highest BCUT2D eigenvalue weighted by atomic mass is 35.5. The second kappa shape index (κ2) is 9.91. The Labute approximate surface area is 204 Å². The van der Waals surface area contributed by atoms with Crippen molar-refractivity contribution in [3.8, 4) is 5.75 Å². The number of ether oxygens (including phenoxy) is 2. The Morgan fingerprint density at radius 3 is 2.15 bits per heavy atom. The summed E-state index contributed by atoms with van der Waals surface area (Å²) >= 11 is 10.7. The maximum absolute atomic E-state index is 11.7. The minimum atomic E-state index is -3.24. The molecule has 0 radical (unpaired) electrons. The molecule has 0 bridgehead atoms. The molecule has 0 atom stereocenters. The molecule has 0 spiro atoms. The molecule has 4 nitrogen and oxygen atoms in total. The molecular formula is C26H21ClO4S2. The number of fused-ring (bicyclic) bond motifs is 1. The Balaban J connectivity index is 0.000000376. The van der Waals surface area contributed by atoms with Crippen LogP contribution in [0, 0.1) is 0 Å². The average Bonchev–Trinajstić information content (AvgIpc) is 3.29. The average molecular weight is 497 g/mol. The van der Waals surface area contributed by atoms with Crippen LogP contribution in [0.25, 0.3) is 11.3 Å². The van der Waals surface area contributed by atoms with Crippen molar-refractivity contribution in [1.82, 2.24) is 0 Å². The second-order valence-electron chi connectivity index (χ2n) is 7.58. The van der Waals surface area contributed by atoms with Crippen molar-refractivity contribution in [2.45, 2.75) is 11.3 Å². The number of allylic oxidation sites excluding steroid dienone is 1. The van der Waals surface area contributed by atoms with Gasteiger partial charge in [-0.3, -0.25) is 0 Å². The lowest BCUT2D eigenvalue weighted by atomic mass is 9.92. The van der Waals surface area contributed by atoms with Gasteiger partial charge in [0.1, 0.15) is 18.1 Å². The highest BCUT2D eigenvalue weighted by Gasteiger charge is 2.22. The number of hydrogen-bond acceptors (Lipinski definition) is 5. The third kappa shape index (κ3) is 5.71. The first kappa shape index (κ1) is 23.2. The van der Waals surface area contributed by atoms with Crippen molar-refractivity contribution in [2.24, 2.45) is 0 Å². The van der Waals surface area contributed by atoms with Gasteiger partial charge in [0.15, 0.2) is 9.84 Å². The summed E-state index contributed by atoms with van der Waals surface area (Å²) in [5, 5.41) is 0.676. The van der Waals surface area contributed by atoms with E-state index in [9.17, 15) is 8.42 Å². The van der Waals surface area contributed by atoms with Crippen molar-refractivity contribution in [3.05, 3.63) is 107 Å². The van der Waals surface area contributed by atoms with Gasteiger partial charge in [0.25, 0.3) is 0 Å². The lowest BCUT2D eigenvalue weighted by molar-refractivity contribution is 0.317. The number of benzene rings is 3. The number of sulfone groups is 1. The van der Waals surface area contributed by atoms with Crippen LogP contribution in [0.4, 0.5) is 0 Å². The molecule has 5 rings (SSSR count). The Morgan fingerprint density at radius 2 is 1.58 bits per heavy atom. The fourth-order valence-corrected chi connectivity index (χ4v) is 4.35. The predicted molar refractivity (Wildman–Crippen MR) is 136 cm³/mol. The summed E-state index contributed by atoms with van der Waals surface area (Å²) in [4.78, 5) is 1.17. The summed E-state index contributed by atoms with van der Waals surface area (Å²) in [6, 6.07) is 22.4. The lowest BCUT2D eigenvalue weighted by Crippen LogP contribution is -2.09. The Morgan fingerprint density at radius 1 is 0.909 bits per heavy atom. The van der Waals surface area contributed by atoms with Crippen molar-refractivity contribution >= 4 is 49.9 Å².